The van der Waals surface area contributed by atoms with Crippen molar-refractivity contribution in [2.75, 3.05) is 25.2 Å². The smallest absolute Gasteiger partial charge is 0.325 e. The van der Waals surface area contributed by atoms with Crippen molar-refractivity contribution in [1.29, 1.82) is 0 Å². The fourth-order valence-corrected chi connectivity index (χ4v) is 2.47. The number of methoxy groups -OCH3 is 1. The van der Waals surface area contributed by atoms with Gasteiger partial charge in [0.2, 0.25) is 11.8 Å². The van der Waals surface area contributed by atoms with Crippen LogP contribution in [0.1, 0.15) is 5.56 Å². The van der Waals surface area contributed by atoms with Crippen LogP contribution in [0.4, 0.5) is 0 Å². The van der Waals surface area contributed by atoms with Crippen LogP contribution in [0, 0.1) is 0 Å². The van der Waals surface area contributed by atoms with E-state index in [1.54, 1.807) is 24.3 Å². The highest BCUT2D eigenvalue weighted by Gasteiger charge is 2.19. The van der Waals surface area contributed by atoms with Crippen LogP contribution in [0.2, 0.25) is 5.02 Å². The van der Waals surface area contributed by atoms with E-state index in [0.717, 1.165) is 17.3 Å². The molecule has 0 atom stereocenters. The fourth-order valence-electron chi connectivity index (χ4n) is 1.62. The van der Waals surface area contributed by atoms with E-state index in [9.17, 15) is 14.4 Å². The first kappa shape index (κ1) is 18.3. The maximum atomic E-state index is 12.2. The summed E-state index contributed by atoms with van der Waals surface area (Å²) in [5.41, 5.74) is 5.75. The van der Waals surface area contributed by atoms with Crippen LogP contribution in [0.3, 0.4) is 0 Å². The number of halogens is 1. The second-order valence-corrected chi connectivity index (χ2v) is 5.77. The molecule has 0 aromatic heterocycles. The molecule has 0 aliphatic carbocycles. The number of thioether (sulfide) groups is 1. The van der Waals surface area contributed by atoms with Crippen LogP contribution in [-0.4, -0.2) is 47.8 Å². The summed E-state index contributed by atoms with van der Waals surface area (Å²) in [5, 5.41) is 0.509. The number of ether oxygens (including phenoxy) is 1. The molecule has 0 unspecified atom stereocenters. The highest BCUT2D eigenvalue weighted by molar-refractivity contribution is 8.00. The van der Waals surface area contributed by atoms with E-state index < -0.39 is 11.9 Å². The Balaban J connectivity index is 2.74. The van der Waals surface area contributed by atoms with Gasteiger partial charge in [0, 0.05) is 11.6 Å². The number of hydrogen-bond acceptors (Lipinski definition) is 5. The number of nitrogens with zero attached hydrogens (tertiary/aromatic N) is 1. The number of nitrogens with two attached hydrogens (primary N) is 1. The molecule has 0 saturated carbocycles. The first-order valence-electron chi connectivity index (χ1n) is 6.38. The molecule has 1 aromatic rings. The monoisotopic (exact) mass is 344 g/mol. The van der Waals surface area contributed by atoms with Crippen LogP contribution in [0.25, 0.3) is 0 Å². The van der Waals surface area contributed by atoms with E-state index in [4.69, 9.17) is 17.3 Å². The summed E-state index contributed by atoms with van der Waals surface area (Å²) in [4.78, 5) is 35.7. The minimum atomic E-state index is -0.527. The summed E-state index contributed by atoms with van der Waals surface area (Å²) < 4.78 is 4.59. The van der Waals surface area contributed by atoms with Crippen LogP contribution in [0.15, 0.2) is 24.3 Å². The fraction of sp³-hybridized carbons (Fsp3) is 0.357. The van der Waals surface area contributed by atoms with Gasteiger partial charge in [-0.25, -0.2) is 0 Å². The van der Waals surface area contributed by atoms with Crippen molar-refractivity contribution in [3.8, 4) is 0 Å². The normalized spacial score (nSPS) is 10.1. The largest absolute Gasteiger partial charge is 0.468 e. The van der Waals surface area contributed by atoms with Gasteiger partial charge < -0.3 is 15.4 Å². The van der Waals surface area contributed by atoms with E-state index in [2.05, 4.69) is 4.74 Å². The molecule has 0 spiro atoms. The van der Waals surface area contributed by atoms with E-state index in [1.807, 2.05) is 0 Å². The van der Waals surface area contributed by atoms with Crippen molar-refractivity contribution in [2.24, 2.45) is 5.73 Å². The van der Waals surface area contributed by atoms with Gasteiger partial charge in [-0.2, -0.15) is 0 Å². The quantitative estimate of drug-likeness (QED) is 0.712. The molecule has 8 heteroatoms. The molecule has 0 saturated heterocycles. The molecule has 22 heavy (non-hydrogen) atoms. The maximum Gasteiger partial charge on any atom is 0.325 e. The lowest BCUT2D eigenvalue weighted by atomic mass is 10.2. The van der Waals surface area contributed by atoms with Gasteiger partial charge in [0.25, 0.3) is 0 Å². The number of amides is 2. The average molecular weight is 345 g/mol. The number of esters is 1. The number of primary amides is 1. The molecule has 1 aromatic carbocycles. The second kappa shape index (κ2) is 9.32. The summed E-state index contributed by atoms with van der Waals surface area (Å²) in [7, 11) is 1.25. The third-order valence-corrected chi connectivity index (χ3v) is 4.00. The van der Waals surface area contributed by atoms with Gasteiger partial charge in [0.05, 0.1) is 18.6 Å². The van der Waals surface area contributed by atoms with Crippen LogP contribution in [0.5, 0.6) is 0 Å². The molecular formula is C14H17ClN2O4S. The van der Waals surface area contributed by atoms with Gasteiger partial charge >= 0.3 is 5.97 Å². The number of hydrogen-bond donors (Lipinski definition) is 1. The molecule has 0 aliphatic heterocycles. The molecule has 0 radical (unpaired) electrons. The van der Waals surface area contributed by atoms with Crippen molar-refractivity contribution in [3.63, 3.8) is 0 Å². The molecule has 0 aliphatic rings. The Hall–Kier alpha value is -1.73. The summed E-state index contributed by atoms with van der Waals surface area (Å²) in [6.07, 6.45) is 0. The molecule has 1 rings (SSSR count). The Morgan fingerprint density at radius 2 is 1.95 bits per heavy atom. The van der Waals surface area contributed by atoms with Gasteiger partial charge in [-0.3, -0.25) is 14.4 Å². The first-order valence-corrected chi connectivity index (χ1v) is 7.91. The van der Waals surface area contributed by atoms with Crippen LogP contribution >= 0.6 is 23.4 Å². The van der Waals surface area contributed by atoms with Crippen LogP contribution < -0.4 is 5.73 Å². The molecule has 2 N–H and O–H groups in total. The molecular weight excluding hydrogens is 328 g/mol. The zero-order valence-corrected chi connectivity index (χ0v) is 13.7. The topological polar surface area (TPSA) is 89.7 Å². The summed E-state index contributed by atoms with van der Waals surface area (Å²) in [6, 6.07) is 7.06. The van der Waals surface area contributed by atoms with E-state index in [-0.39, 0.29) is 30.5 Å². The summed E-state index contributed by atoms with van der Waals surface area (Å²) in [6.45, 7) is 0.00241. The summed E-state index contributed by atoms with van der Waals surface area (Å²) in [5.74, 6) is -1.23. The highest BCUT2D eigenvalue weighted by atomic mass is 35.5. The van der Waals surface area contributed by atoms with Gasteiger partial charge in [0.15, 0.2) is 0 Å². The molecule has 120 valence electrons. The molecule has 0 heterocycles. The SMILES string of the molecule is COC(=O)CN(Cc1ccccc1Cl)C(=O)CSCC(N)=O. The van der Waals surface area contributed by atoms with Crippen molar-refractivity contribution in [3.05, 3.63) is 34.9 Å². The molecule has 6 nitrogen and oxygen atoms in total. The van der Waals surface area contributed by atoms with Gasteiger partial charge in [0.1, 0.15) is 6.54 Å². The van der Waals surface area contributed by atoms with Gasteiger partial charge in [-0.15, -0.1) is 11.8 Å². The third-order valence-electron chi connectivity index (χ3n) is 2.69. The molecule has 0 fully saturated rings. The van der Waals surface area contributed by atoms with Crippen LogP contribution in [-0.2, 0) is 25.7 Å². The lowest BCUT2D eigenvalue weighted by Gasteiger charge is -2.22. The highest BCUT2D eigenvalue weighted by Crippen LogP contribution is 2.17. The van der Waals surface area contributed by atoms with E-state index in [0.29, 0.717) is 5.02 Å². The standard InChI is InChI=1S/C14H17ClN2O4S/c1-21-14(20)7-17(13(19)9-22-8-12(16)18)6-10-4-2-3-5-11(10)15/h2-5H,6-9H2,1H3,(H2,16,18). The minimum Gasteiger partial charge on any atom is -0.468 e. The Kier molecular flexibility index (Phi) is 7.76. The second-order valence-electron chi connectivity index (χ2n) is 4.38. The molecule has 2 amide bonds. The van der Waals surface area contributed by atoms with Crippen molar-refractivity contribution < 1.29 is 19.1 Å². The van der Waals surface area contributed by atoms with E-state index >= 15 is 0 Å². The number of benzene rings is 1. The lowest BCUT2D eigenvalue weighted by Crippen LogP contribution is -2.37. The van der Waals surface area contributed by atoms with Crippen molar-refractivity contribution >= 4 is 41.1 Å². The average Bonchev–Trinajstić information content (AvgIpc) is 2.48. The van der Waals surface area contributed by atoms with Crippen molar-refractivity contribution in [2.45, 2.75) is 6.54 Å². The number of rotatable bonds is 8. The first-order chi connectivity index (χ1) is 10.4. The predicted molar refractivity (Wildman–Crippen MR) is 85.4 cm³/mol. The molecule has 0 bridgehead atoms. The Labute approximate surface area is 137 Å². The van der Waals surface area contributed by atoms with E-state index in [1.165, 1.54) is 12.0 Å². The zero-order chi connectivity index (χ0) is 16.5. The third kappa shape index (κ3) is 6.36. The minimum absolute atomic E-state index is 0.0455. The Bertz CT molecular complexity index is 553. The van der Waals surface area contributed by atoms with Gasteiger partial charge in [-0.1, -0.05) is 29.8 Å². The maximum absolute atomic E-state index is 12.2. The number of carbonyl (C=O) groups is 3. The lowest BCUT2D eigenvalue weighted by molar-refractivity contribution is -0.146. The number of carbonyl (C=O) groups excluding carboxylic acids is 3. The van der Waals surface area contributed by atoms with Gasteiger partial charge in [-0.05, 0) is 11.6 Å². The van der Waals surface area contributed by atoms with Crippen molar-refractivity contribution in [1.82, 2.24) is 4.90 Å². The summed E-state index contributed by atoms with van der Waals surface area (Å²) >= 11 is 7.17. The predicted octanol–water partition coefficient (Wildman–Crippen LogP) is 1.06. The zero-order valence-electron chi connectivity index (χ0n) is 12.1. The Morgan fingerprint density at radius 1 is 1.27 bits per heavy atom. The Morgan fingerprint density at radius 3 is 2.55 bits per heavy atom.